The zero-order valence-corrected chi connectivity index (χ0v) is 17.1. The zero-order chi connectivity index (χ0) is 21.5. The molecule has 0 aliphatic carbocycles. The van der Waals surface area contributed by atoms with E-state index in [0.717, 1.165) is 5.56 Å². The van der Waals surface area contributed by atoms with E-state index in [2.05, 4.69) is 15.3 Å². The first kappa shape index (κ1) is 22.1. The van der Waals surface area contributed by atoms with Gasteiger partial charge in [-0.05, 0) is 30.1 Å². The Balaban J connectivity index is 1.73. The first-order valence-electron chi connectivity index (χ1n) is 10.0. The summed E-state index contributed by atoms with van der Waals surface area (Å²) in [5, 5.41) is 12.1. The lowest BCUT2D eigenvalue weighted by Crippen LogP contribution is -2.53. The third-order valence-electron chi connectivity index (χ3n) is 4.90. The Kier molecular flexibility index (Phi) is 7.73. The monoisotopic (exact) mass is 409 g/mol. The summed E-state index contributed by atoms with van der Waals surface area (Å²) in [5.74, 6) is -0.484. The van der Waals surface area contributed by atoms with Gasteiger partial charge in [-0.1, -0.05) is 44.2 Å². The summed E-state index contributed by atoms with van der Waals surface area (Å²) < 4.78 is 10.5. The van der Waals surface area contributed by atoms with E-state index in [4.69, 9.17) is 9.14 Å². The molecular weight excluding hydrogens is 384 g/mol. The quantitative estimate of drug-likeness (QED) is 0.575. The number of nitrogens with zero attached hydrogens (tertiary/aromatic N) is 2. The molecule has 2 atom stereocenters. The zero-order valence-electron chi connectivity index (χ0n) is 17.1. The molecule has 0 bridgehead atoms. The number of aromatic nitrogens is 2. The van der Waals surface area contributed by atoms with Crippen LogP contribution in [0, 0.1) is 5.92 Å². The van der Waals surface area contributed by atoms with E-state index in [1.807, 2.05) is 44.2 Å². The highest BCUT2D eigenvalue weighted by molar-refractivity contribution is 6.70. The van der Waals surface area contributed by atoms with Gasteiger partial charge in [0.2, 0.25) is 0 Å². The van der Waals surface area contributed by atoms with Crippen molar-refractivity contribution in [2.24, 2.45) is 5.92 Å². The summed E-state index contributed by atoms with van der Waals surface area (Å²) in [6, 6.07) is 8.76. The maximum atomic E-state index is 13.2. The molecule has 2 heterocycles. The summed E-state index contributed by atoms with van der Waals surface area (Å²) in [6.07, 6.45) is 5.48. The summed E-state index contributed by atoms with van der Waals surface area (Å²) in [5.41, 5.74) is 1.08. The highest BCUT2D eigenvalue weighted by Crippen LogP contribution is 2.31. The molecule has 3 rings (SSSR count). The minimum Gasteiger partial charge on any atom is -0.426 e. The van der Waals surface area contributed by atoms with Crippen molar-refractivity contribution >= 4 is 26.1 Å². The number of carbonyl (C=O) groups excluding carboxylic acids is 2. The Morgan fingerprint density at radius 2 is 1.90 bits per heavy atom. The van der Waals surface area contributed by atoms with E-state index in [9.17, 15) is 14.6 Å². The highest BCUT2D eigenvalue weighted by atomic mass is 16.8. The topological polar surface area (TPSA) is 111 Å². The van der Waals surface area contributed by atoms with Gasteiger partial charge in [-0.15, -0.1) is 0 Å². The van der Waals surface area contributed by atoms with Gasteiger partial charge in [0.1, 0.15) is 5.69 Å². The highest BCUT2D eigenvalue weighted by Gasteiger charge is 2.47. The molecule has 10 heteroatoms. The largest absolute Gasteiger partial charge is 0.608 e. The van der Waals surface area contributed by atoms with Crippen LogP contribution in [0.2, 0.25) is 5.82 Å². The normalized spacial score (nSPS) is 15.5. The average molecular weight is 409 g/mol. The van der Waals surface area contributed by atoms with Gasteiger partial charge >= 0.3 is 14.4 Å². The number of Topliss-reactive ketones (excluding diaryl/α,β-unsaturated/α-hetero) is 1. The van der Waals surface area contributed by atoms with Crippen LogP contribution in [-0.2, 0) is 20.4 Å². The number of rotatable bonds is 10. The fourth-order valence-electron chi connectivity index (χ4n) is 3.50. The molecular formula is C20H25B2N3O5. The number of amides is 1. The summed E-state index contributed by atoms with van der Waals surface area (Å²) in [6.45, 7) is 4.09. The molecule has 30 heavy (non-hydrogen) atoms. The summed E-state index contributed by atoms with van der Waals surface area (Å²) in [7, 11) is -1.87. The number of hydrogen-bond donors (Lipinski definition) is 2. The van der Waals surface area contributed by atoms with E-state index < -0.39 is 26.4 Å². The lowest BCUT2D eigenvalue weighted by Gasteiger charge is -2.33. The second-order valence-corrected chi connectivity index (χ2v) is 7.81. The average Bonchev–Trinajstić information content (AvgIpc) is 2.71. The van der Waals surface area contributed by atoms with Crippen LogP contribution in [-0.4, -0.2) is 47.2 Å². The van der Waals surface area contributed by atoms with Gasteiger partial charge in [-0.3, -0.25) is 14.6 Å². The van der Waals surface area contributed by atoms with Crippen molar-refractivity contribution in [2.75, 3.05) is 0 Å². The fourth-order valence-corrected chi connectivity index (χ4v) is 3.50. The van der Waals surface area contributed by atoms with Crippen molar-refractivity contribution in [1.29, 1.82) is 0 Å². The third kappa shape index (κ3) is 6.22. The van der Waals surface area contributed by atoms with E-state index in [-0.39, 0.29) is 23.7 Å². The van der Waals surface area contributed by atoms with E-state index in [1.54, 1.807) is 0 Å². The van der Waals surface area contributed by atoms with E-state index >= 15 is 0 Å². The molecule has 0 spiro atoms. The molecule has 0 saturated carbocycles. The second kappa shape index (κ2) is 10.5. The van der Waals surface area contributed by atoms with Crippen LogP contribution in [0.25, 0.3) is 0 Å². The van der Waals surface area contributed by atoms with Gasteiger partial charge in [-0.25, -0.2) is 4.98 Å². The molecule has 1 amide bonds. The minimum atomic E-state index is -1.24. The smallest absolute Gasteiger partial charge is 0.426 e. The molecule has 156 valence electrons. The van der Waals surface area contributed by atoms with E-state index in [1.165, 1.54) is 18.6 Å². The predicted molar refractivity (Wildman–Crippen MR) is 112 cm³/mol. The van der Waals surface area contributed by atoms with Crippen LogP contribution in [0.15, 0.2) is 48.9 Å². The molecule has 2 unspecified atom stereocenters. The van der Waals surface area contributed by atoms with Crippen molar-refractivity contribution in [2.45, 2.75) is 45.0 Å². The maximum absolute atomic E-state index is 13.2. The van der Waals surface area contributed by atoms with Crippen LogP contribution in [0.3, 0.4) is 0 Å². The van der Waals surface area contributed by atoms with Crippen LogP contribution < -0.4 is 5.32 Å². The first-order valence-corrected chi connectivity index (χ1v) is 10.0. The van der Waals surface area contributed by atoms with Crippen molar-refractivity contribution in [3.8, 4) is 0 Å². The lowest BCUT2D eigenvalue weighted by molar-refractivity contribution is -0.121. The fraction of sp³-hybridized carbons (Fsp3) is 0.400. The molecule has 1 aromatic heterocycles. The number of nitrogens with one attached hydrogen (secondary N) is 1. The summed E-state index contributed by atoms with van der Waals surface area (Å²) in [4.78, 5) is 33.7. The molecule has 2 aromatic rings. The van der Waals surface area contributed by atoms with Crippen molar-refractivity contribution < 1.29 is 23.8 Å². The van der Waals surface area contributed by atoms with Crippen molar-refractivity contribution in [1.82, 2.24) is 15.3 Å². The first-order chi connectivity index (χ1) is 14.4. The van der Waals surface area contributed by atoms with Crippen LogP contribution in [0.5, 0.6) is 0 Å². The maximum Gasteiger partial charge on any atom is 0.608 e. The number of carbonyl (C=O) groups is 2. The molecule has 1 saturated heterocycles. The molecule has 1 aliphatic heterocycles. The van der Waals surface area contributed by atoms with Gasteiger partial charge < -0.3 is 19.5 Å². The van der Waals surface area contributed by atoms with Gasteiger partial charge in [0.05, 0.1) is 12.2 Å². The summed E-state index contributed by atoms with van der Waals surface area (Å²) >= 11 is 0. The Labute approximate surface area is 176 Å². The predicted octanol–water partition coefficient (Wildman–Crippen LogP) is 1.71. The van der Waals surface area contributed by atoms with Gasteiger partial charge in [0, 0.05) is 18.8 Å². The lowest BCUT2D eigenvalue weighted by atomic mass is 9.60. The molecule has 2 N–H and O–H groups in total. The Hall–Kier alpha value is -2.55. The van der Waals surface area contributed by atoms with Gasteiger partial charge in [0.25, 0.3) is 5.91 Å². The molecule has 1 fully saturated rings. The minimum absolute atomic E-state index is 0.129. The Morgan fingerprint density at radius 1 is 1.17 bits per heavy atom. The van der Waals surface area contributed by atoms with Crippen molar-refractivity contribution in [3.05, 3.63) is 60.2 Å². The number of benzene rings is 1. The standard InChI is InChI=1S/C20H25B2N3O5/c1-14(2)10-16(21-29-22(28)30-21)12-19(26)17(11-15-6-4-3-5-7-15)25-20(27)18-13-23-8-9-24-18/h3-9,13-14,16-17,28H,10-12H2,1-2H3,(H,25,27). The van der Waals surface area contributed by atoms with E-state index in [0.29, 0.717) is 18.8 Å². The Bertz CT molecular complexity index is 835. The number of ketones is 1. The van der Waals surface area contributed by atoms with Crippen LogP contribution in [0.4, 0.5) is 0 Å². The SMILES string of the molecule is CC(C)CC(CC(=O)C(Cc1ccccc1)NC(=O)c1cnccn1)B1OB(O)O1. The third-order valence-corrected chi connectivity index (χ3v) is 4.90. The van der Waals surface area contributed by atoms with Crippen molar-refractivity contribution in [3.63, 3.8) is 0 Å². The van der Waals surface area contributed by atoms with Gasteiger partial charge in [0.15, 0.2) is 5.78 Å². The molecule has 1 aromatic carbocycles. The second-order valence-electron chi connectivity index (χ2n) is 7.81. The number of hydrogen-bond acceptors (Lipinski definition) is 7. The van der Waals surface area contributed by atoms with Gasteiger partial charge in [-0.2, -0.15) is 0 Å². The van der Waals surface area contributed by atoms with Crippen LogP contribution in [0.1, 0.15) is 42.7 Å². The molecule has 0 radical (unpaired) electrons. The molecule has 8 nitrogen and oxygen atoms in total. The van der Waals surface area contributed by atoms with Crippen LogP contribution >= 0.6 is 0 Å². The molecule has 1 aliphatic rings. The Morgan fingerprint density at radius 3 is 2.50 bits per heavy atom.